The Hall–Kier alpha value is -1.26. The Kier molecular flexibility index (Phi) is 4.36. The molecule has 0 saturated heterocycles. The SMILES string of the molecule is O=C(NCC1CC2CCC1C2)NC1CCCCC1C(=O)O. The average Bonchev–Trinajstić information content (AvgIpc) is 3.08. The standard InChI is InChI=1S/C16H26N2O3/c19-15(20)13-3-1-2-4-14(13)18-16(21)17-9-12-8-10-5-6-11(12)7-10/h10-14H,1-9H2,(H,19,20)(H2,17,18,21). The minimum atomic E-state index is -0.784. The fraction of sp³-hybridized carbons (Fsp3) is 0.875. The second kappa shape index (κ2) is 6.24. The summed E-state index contributed by atoms with van der Waals surface area (Å²) < 4.78 is 0. The average molecular weight is 294 g/mol. The summed E-state index contributed by atoms with van der Waals surface area (Å²) in [6, 6.07) is -0.396. The molecule has 5 nitrogen and oxygen atoms in total. The van der Waals surface area contributed by atoms with E-state index in [4.69, 9.17) is 0 Å². The highest BCUT2D eigenvalue weighted by molar-refractivity contribution is 5.76. The minimum Gasteiger partial charge on any atom is -0.481 e. The van der Waals surface area contributed by atoms with Gasteiger partial charge in [-0.15, -0.1) is 0 Å². The summed E-state index contributed by atoms with van der Waals surface area (Å²) in [5.74, 6) is 1.12. The van der Waals surface area contributed by atoms with Crippen LogP contribution in [0.4, 0.5) is 4.79 Å². The maximum atomic E-state index is 12.0. The lowest BCUT2D eigenvalue weighted by atomic mass is 9.84. The highest BCUT2D eigenvalue weighted by Gasteiger charge is 2.39. The third kappa shape index (κ3) is 3.33. The van der Waals surface area contributed by atoms with E-state index in [1.807, 2.05) is 0 Å². The van der Waals surface area contributed by atoms with E-state index in [1.165, 1.54) is 25.7 Å². The van der Waals surface area contributed by atoms with Crippen LogP contribution in [0.15, 0.2) is 0 Å². The van der Waals surface area contributed by atoms with Crippen LogP contribution in [0.3, 0.4) is 0 Å². The molecule has 118 valence electrons. The first-order valence-electron chi connectivity index (χ1n) is 8.40. The minimum absolute atomic E-state index is 0.184. The quantitative estimate of drug-likeness (QED) is 0.745. The van der Waals surface area contributed by atoms with Gasteiger partial charge in [-0.05, 0) is 49.9 Å². The molecule has 2 bridgehead atoms. The Morgan fingerprint density at radius 3 is 2.52 bits per heavy atom. The highest BCUT2D eigenvalue weighted by atomic mass is 16.4. The van der Waals surface area contributed by atoms with Gasteiger partial charge < -0.3 is 15.7 Å². The van der Waals surface area contributed by atoms with Gasteiger partial charge in [0.1, 0.15) is 0 Å². The molecule has 0 aromatic heterocycles. The Balaban J connectivity index is 1.44. The van der Waals surface area contributed by atoms with Crippen molar-refractivity contribution in [1.29, 1.82) is 0 Å². The summed E-state index contributed by atoms with van der Waals surface area (Å²) in [5, 5.41) is 15.1. The molecule has 3 aliphatic carbocycles. The van der Waals surface area contributed by atoms with E-state index in [0.717, 1.165) is 37.6 Å². The lowest BCUT2D eigenvalue weighted by molar-refractivity contribution is -0.143. The number of rotatable bonds is 4. The molecule has 5 atom stereocenters. The normalized spacial score (nSPS) is 38.2. The summed E-state index contributed by atoms with van der Waals surface area (Å²) in [6.45, 7) is 0.747. The van der Waals surface area contributed by atoms with Crippen LogP contribution in [0.25, 0.3) is 0 Å². The van der Waals surface area contributed by atoms with E-state index >= 15 is 0 Å². The maximum absolute atomic E-state index is 12.0. The molecule has 3 N–H and O–H groups in total. The van der Waals surface area contributed by atoms with Gasteiger partial charge in [-0.2, -0.15) is 0 Å². The number of hydrogen-bond acceptors (Lipinski definition) is 2. The van der Waals surface area contributed by atoms with Crippen LogP contribution in [-0.4, -0.2) is 29.7 Å². The number of urea groups is 1. The van der Waals surface area contributed by atoms with Crippen LogP contribution in [0.5, 0.6) is 0 Å². The number of carbonyl (C=O) groups excluding carboxylic acids is 1. The van der Waals surface area contributed by atoms with Gasteiger partial charge in [0.15, 0.2) is 0 Å². The number of carboxylic acids is 1. The molecule has 3 fully saturated rings. The molecule has 3 saturated carbocycles. The second-order valence-electron chi connectivity index (χ2n) is 7.12. The smallest absolute Gasteiger partial charge is 0.315 e. The summed E-state index contributed by atoms with van der Waals surface area (Å²) in [6.07, 6.45) is 8.69. The first kappa shape index (κ1) is 14.7. The first-order chi connectivity index (χ1) is 10.1. The zero-order chi connectivity index (χ0) is 14.8. The van der Waals surface area contributed by atoms with Crippen LogP contribution in [-0.2, 0) is 4.79 Å². The van der Waals surface area contributed by atoms with E-state index in [0.29, 0.717) is 12.3 Å². The van der Waals surface area contributed by atoms with Crippen LogP contribution in [0, 0.1) is 23.7 Å². The number of carbonyl (C=O) groups is 2. The van der Waals surface area contributed by atoms with Crippen LogP contribution in [0.2, 0.25) is 0 Å². The van der Waals surface area contributed by atoms with Gasteiger partial charge in [-0.1, -0.05) is 19.3 Å². The lowest BCUT2D eigenvalue weighted by Crippen LogP contribution is -2.49. The van der Waals surface area contributed by atoms with Crippen molar-refractivity contribution in [3.05, 3.63) is 0 Å². The van der Waals surface area contributed by atoms with Crippen molar-refractivity contribution in [2.75, 3.05) is 6.54 Å². The summed E-state index contributed by atoms with van der Waals surface area (Å²) in [7, 11) is 0. The predicted octanol–water partition coefficient (Wildman–Crippen LogP) is 2.37. The van der Waals surface area contributed by atoms with Crippen molar-refractivity contribution in [3.8, 4) is 0 Å². The van der Waals surface area contributed by atoms with Crippen molar-refractivity contribution in [2.45, 2.75) is 57.4 Å². The van der Waals surface area contributed by atoms with Gasteiger partial charge in [0.2, 0.25) is 0 Å². The van der Waals surface area contributed by atoms with Gasteiger partial charge in [0.25, 0.3) is 0 Å². The second-order valence-corrected chi connectivity index (χ2v) is 7.12. The zero-order valence-electron chi connectivity index (χ0n) is 12.5. The highest BCUT2D eigenvalue weighted by Crippen LogP contribution is 2.47. The number of hydrogen-bond donors (Lipinski definition) is 3. The molecule has 0 heterocycles. The Morgan fingerprint density at radius 1 is 1.05 bits per heavy atom. The molecule has 0 aromatic rings. The maximum Gasteiger partial charge on any atom is 0.315 e. The first-order valence-corrected chi connectivity index (χ1v) is 8.40. The summed E-state index contributed by atoms with van der Waals surface area (Å²) >= 11 is 0. The molecule has 5 unspecified atom stereocenters. The van der Waals surface area contributed by atoms with Crippen molar-refractivity contribution in [3.63, 3.8) is 0 Å². The molecule has 2 amide bonds. The van der Waals surface area contributed by atoms with Gasteiger partial charge >= 0.3 is 12.0 Å². The third-order valence-electron chi connectivity index (χ3n) is 5.81. The van der Waals surface area contributed by atoms with Gasteiger partial charge in [0.05, 0.1) is 5.92 Å². The van der Waals surface area contributed by atoms with Gasteiger partial charge in [-0.25, -0.2) is 4.79 Å². The van der Waals surface area contributed by atoms with Crippen LogP contribution < -0.4 is 10.6 Å². The van der Waals surface area contributed by atoms with Crippen LogP contribution in [0.1, 0.15) is 51.4 Å². The number of nitrogens with one attached hydrogen (secondary N) is 2. The van der Waals surface area contributed by atoms with Crippen LogP contribution >= 0.6 is 0 Å². The molecular weight excluding hydrogens is 268 g/mol. The lowest BCUT2D eigenvalue weighted by Gasteiger charge is -2.29. The molecule has 3 aliphatic rings. The van der Waals surface area contributed by atoms with E-state index in [9.17, 15) is 14.7 Å². The monoisotopic (exact) mass is 294 g/mol. The Labute approximate surface area is 125 Å². The summed E-state index contributed by atoms with van der Waals surface area (Å²) in [5.41, 5.74) is 0. The molecule has 0 aromatic carbocycles. The number of amides is 2. The molecular formula is C16H26N2O3. The largest absolute Gasteiger partial charge is 0.481 e. The van der Waals surface area contributed by atoms with E-state index in [1.54, 1.807) is 0 Å². The molecule has 21 heavy (non-hydrogen) atoms. The van der Waals surface area contributed by atoms with Crippen molar-refractivity contribution in [1.82, 2.24) is 10.6 Å². The fourth-order valence-electron chi connectivity index (χ4n) is 4.67. The van der Waals surface area contributed by atoms with Crippen molar-refractivity contribution >= 4 is 12.0 Å². The molecule has 5 heteroatoms. The number of aliphatic carboxylic acids is 1. The van der Waals surface area contributed by atoms with Crippen molar-refractivity contribution < 1.29 is 14.7 Å². The molecule has 0 spiro atoms. The van der Waals surface area contributed by atoms with Gasteiger partial charge in [0, 0.05) is 12.6 Å². The van der Waals surface area contributed by atoms with E-state index in [-0.39, 0.29) is 12.1 Å². The molecule has 0 radical (unpaired) electrons. The Morgan fingerprint density at radius 2 is 1.86 bits per heavy atom. The zero-order valence-corrected chi connectivity index (χ0v) is 12.5. The predicted molar refractivity (Wildman–Crippen MR) is 78.9 cm³/mol. The van der Waals surface area contributed by atoms with E-state index in [2.05, 4.69) is 10.6 Å². The number of fused-ring (bicyclic) bond motifs is 2. The fourth-order valence-corrected chi connectivity index (χ4v) is 4.67. The Bertz CT molecular complexity index is 412. The topological polar surface area (TPSA) is 78.4 Å². The molecule has 3 rings (SSSR count). The van der Waals surface area contributed by atoms with Crippen molar-refractivity contribution in [2.24, 2.45) is 23.7 Å². The van der Waals surface area contributed by atoms with Gasteiger partial charge in [-0.3, -0.25) is 4.79 Å². The van der Waals surface area contributed by atoms with E-state index < -0.39 is 11.9 Å². The molecule has 0 aliphatic heterocycles. The number of carboxylic acid groups (broad SMARTS) is 1. The third-order valence-corrected chi connectivity index (χ3v) is 5.81. The summed E-state index contributed by atoms with van der Waals surface area (Å²) in [4.78, 5) is 23.3.